The molecule has 0 atom stereocenters. The molecule has 0 aliphatic heterocycles. The first-order chi connectivity index (χ1) is 8.20. The fourth-order valence-corrected chi connectivity index (χ4v) is 2.94. The van der Waals surface area contributed by atoms with Gasteiger partial charge in [-0.1, -0.05) is 18.2 Å². The van der Waals surface area contributed by atoms with Crippen molar-refractivity contribution in [3.8, 4) is 5.75 Å². The molecule has 1 aliphatic carbocycles. The van der Waals surface area contributed by atoms with Gasteiger partial charge < -0.3 is 4.74 Å². The minimum absolute atomic E-state index is 0.140. The lowest BCUT2D eigenvalue weighted by Crippen LogP contribution is -2.43. The van der Waals surface area contributed by atoms with Crippen LogP contribution in [0.25, 0.3) is 0 Å². The van der Waals surface area contributed by atoms with Gasteiger partial charge in [0.2, 0.25) is 0 Å². The maximum Gasteiger partial charge on any atom is 0.123 e. The second-order valence-electron chi connectivity index (χ2n) is 4.99. The first-order valence-corrected chi connectivity index (χ1v) is 6.33. The molecule has 0 amide bonds. The molecule has 2 nitrogen and oxygen atoms in total. The second kappa shape index (κ2) is 5.09. The summed E-state index contributed by atoms with van der Waals surface area (Å²) in [5.41, 5.74) is 1.47. The molecule has 0 unspecified atom stereocenters. The van der Waals surface area contributed by atoms with Crippen molar-refractivity contribution in [3.63, 3.8) is 0 Å². The lowest BCUT2D eigenvalue weighted by Gasteiger charge is -2.44. The minimum Gasteiger partial charge on any atom is -0.496 e. The summed E-state index contributed by atoms with van der Waals surface area (Å²) < 4.78 is 5.54. The molecule has 1 aromatic carbocycles. The maximum atomic E-state index is 5.54. The molecule has 1 radical (unpaired) electrons. The van der Waals surface area contributed by atoms with Crippen LogP contribution in [0, 0.1) is 6.42 Å². The Hall–Kier alpha value is -1.02. The molecule has 0 heterocycles. The van der Waals surface area contributed by atoms with E-state index in [9.17, 15) is 0 Å². The van der Waals surface area contributed by atoms with Crippen LogP contribution in [0.15, 0.2) is 24.3 Å². The van der Waals surface area contributed by atoms with Gasteiger partial charge in [-0.15, -0.1) is 0 Å². The largest absolute Gasteiger partial charge is 0.496 e. The van der Waals surface area contributed by atoms with Gasteiger partial charge >= 0.3 is 0 Å². The predicted octanol–water partition coefficient (Wildman–Crippen LogP) is 3.23. The molecule has 1 fully saturated rings. The van der Waals surface area contributed by atoms with Crippen LogP contribution in [0.3, 0.4) is 0 Å². The van der Waals surface area contributed by atoms with E-state index in [1.54, 1.807) is 7.11 Å². The number of hydrogen-bond acceptors (Lipinski definition) is 2. The molecule has 0 N–H and O–H groups in total. The van der Waals surface area contributed by atoms with Crippen molar-refractivity contribution in [2.45, 2.75) is 31.2 Å². The van der Waals surface area contributed by atoms with Crippen molar-refractivity contribution in [3.05, 3.63) is 36.2 Å². The molecule has 93 valence electrons. The fourth-order valence-electron chi connectivity index (χ4n) is 2.94. The number of para-hydroxylation sites is 1. The highest BCUT2D eigenvalue weighted by atomic mass is 16.5. The van der Waals surface area contributed by atoms with Crippen molar-refractivity contribution >= 4 is 0 Å². The molecule has 2 rings (SSSR count). The summed E-state index contributed by atoms with van der Waals surface area (Å²) in [5, 5.41) is 0. The van der Waals surface area contributed by atoms with Crippen molar-refractivity contribution in [1.82, 2.24) is 4.90 Å². The third kappa shape index (κ3) is 2.19. The van der Waals surface area contributed by atoms with Crippen LogP contribution in [0.2, 0.25) is 0 Å². The summed E-state index contributed by atoms with van der Waals surface area (Å²) in [6.07, 6.45) is 7.14. The van der Waals surface area contributed by atoms with E-state index in [0.29, 0.717) is 0 Å². The van der Waals surface area contributed by atoms with E-state index < -0.39 is 0 Å². The van der Waals surface area contributed by atoms with Crippen LogP contribution in [-0.2, 0) is 5.54 Å². The molecule has 1 aromatic rings. The smallest absolute Gasteiger partial charge is 0.123 e. The summed E-state index contributed by atoms with van der Waals surface area (Å²) in [7, 11) is 6.12. The molecule has 0 saturated heterocycles. The first kappa shape index (κ1) is 12.4. The highest BCUT2D eigenvalue weighted by molar-refractivity contribution is 5.39. The number of nitrogens with zero attached hydrogens (tertiary/aromatic N) is 1. The molecular weight excluding hydrogens is 210 g/mol. The van der Waals surface area contributed by atoms with Crippen LogP contribution in [0.1, 0.15) is 31.2 Å². The molecule has 0 spiro atoms. The normalized spacial score (nSPS) is 19.3. The molecule has 1 saturated carbocycles. The lowest BCUT2D eigenvalue weighted by atomic mass is 9.75. The third-order valence-electron chi connectivity index (χ3n) is 3.99. The van der Waals surface area contributed by atoms with Crippen LogP contribution < -0.4 is 4.74 Å². The van der Waals surface area contributed by atoms with Gasteiger partial charge in [0.1, 0.15) is 5.75 Å². The van der Waals surface area contributed by atoms with Gasteiger partial charge in [0, 0.05) is 11.1 Å². The van der Waals surface area contributed by atoms with Crippen LogP contribution in [-0.4, -0.2) is 26.1 Å². The van der Waals surface area contributed by atoms with E-state index in [4.69, 9.17) is 4.74 Å². The highest BCUT2D eigenvalue weighted by Gasteiger charge is 2.37. The van der Waals surface area contributed by atoms with Gasteiger partial charge in [-0.3, -0.25) is 4.90 Å². The Bertz CT molecular complexity index is 367. The van der Waals surface area contributed by atoms with Gasteiger partial charge in [-0.25, -0.2) is 0 Å². The monoisotopic (exact) mass is 232 g/mol. The number of benzene rings is 1. The topological polar surface area (TPSA) is 12.5 Å². The Labute approximate surface area is 105 Å². The molecule has 1 aliphatic rings. The first-order valence-electron chi connectivity index (χ1n) is 6.33. The number of ether oxygens (including phenoxy) is 1. The van der Waals surface area contributed by atoms with E-state index in [-0.39, 0.29) is 5.54 Å². The van der Waals surface area contributed by atoms with Crippen molar-refractivity contribution in [2.75, 3.05) is 21.2 Å². The fraction of sp³-hybridized carbons (Fsp3) is 0.533. The van der Waals surface area contributed by atoms with Gasteiger partial charge in [-0.2, -0.15) is 0 Å². The predicted molar refractivity (Wildman–Crippen MR) is 71.1 cm³/mol. The molecule has 0 bridgehead atoms. The van der Waals surface area contributed by atoms with Crippen LogP contribution in [0.4, 0.5) is 0 Å². The quantitative estimate of drug-likeness (QED) is 0.793. The highest BCUT2D eigenvalue weighted by Crippen LogP contribution is 2.44. The van der Waals surface area contributed by atoms with E-state index in [2.05, 4.69) is 43.6 Å². The zero-order valence-electron chi connectivity index (χ0n) is 11.1. The molecule has 17 heavy (non-hydrogen) atoms. The maximum absolute atomic E-state index is 5.54. The summed E-state index contributed by atoms with van der Waals surface area (Å²) >= 11 is 0. The Morgan fingerprint density at radius 3 is 2.35 bits per heavy atom. The SMILES string of the molecule is COc1ccccc1C1(N(C)C)CC[CH]CC1. The Morgan fingerprint density at radius 2 is 1.76 bits per heavy atom. The standard InChI is InChI=1S/C15H22NO/c1-16(2)15(11-7-4-8-12-15)13-9-5-6-10-14(13)17-3/h4-6,9-10H,7-8,11-12H2,1-3H3. The minimum atomic E-state index is 0.140. The van der Waals surface area contributed by atoms with Gasteiger partial charge in [0.25, 0.3) is 0 Å². The molecular formula is C15H22NO. The summed E-state index contributed by atoms with van der Waals surface area (Å²) in [6, 6.07) is 8.44. The number of hydrogen-bond donors (Lipinski definition) is 0. The Kier molecular flexibility index (Phi) is 3.72. The zero-order chi connectivity index (χ0) is 12.3. The van der Waals surface area contributed by atoms with Crippen LogP contribution >= 0.6 is 0 Å². The number of rotatable bonds is 3. The summed E-state index contributed by atoms with van der Waals surface area (Å²) in [6.45, 7) is 0. The van der Waals surface area contributed by atoms with E-state index in [0.717, 1.165) is 5.75 Å². The van der Waals surface area contributed by atoms with Crippen molar-refractivity contribution in [2.24, 2.45) is 0 Å². The average molecular weight is 232 g/mol. The van der Waals surface area contributed by atoms with E-state index in [1.807, 2.05) is 6.07 Å². The number of methoxy groups -OCH3 is 1. The third-order valence-corrected chi connectivity index (χ3v) is 3.99. The Morgan fingerprint density at radius 1 is 1.12 bits per heavy atom. The average Bonchev–Trinajstić information content (AvgIpc) is 2.39. The molecule has 2 heteroatoms. The van der Waals surface area contributed by atoms with Crippen LogP contribution in [0.5, 0.6) is 5.75 Å². The van der Waals surface area contributed by atoms with Gasteiger partial charge in [-0.05, 0) is 52.3 Å². The van der Waals surface area contributed by atoms with Crippen molar-refractivity contribution < 1.29 is 4.74 Å². The lowest BCUT2D eigenvalue weighted by molar-refractivity contribution is 0.108. The molecule has 0 aromatic heterocycles. The zero-order valence-corrected chi connectivity index (χ0v) is 11.1. The van der Waals surface area contributed by atoms with E-state index in [1.165, 1.54) is 31.2 Å². The van der Waals surface area contributed by atoms with Gasteiger partial charge in [0.15, 0.2) is 0 Å². The summed E-state index contributed by atoms with van der Waals surface area (Å²) in [4.78, 5) is 2.36. The van der Waals surface area contributed by atoms with Crippen molar-refractivity contribution in [1.29, 1.82) is 0 Å². The second-order valence-corrected chi connectivity index (χ2v) is 4.99. The van der Waals surface area contributed by atoms with Gasteiger partial charge in [0.05, 0.1) is 7.11 Å². The Balaban J connectivity index is 2.44. The van der Waals surface area contributed by atoms with E-state index >= 15 is 0 Å². The summed E-state index contributed by atoms with van der Waals surface area (Å²) in [5.74, 6) is 1.02.